The second-order valence-electron chi connectivity index (χ2n) is 7.25. The molecule has 0 spiro atoms. The smallest absolute Gasteiger partial charge is 0.862 e. The molecule has 28 heavy (non-hydrogen) atoms. The number of aliphatic imine (C=N–C) groups is 1. The molecule has 0 bridgehead atoms. The molecule has 0 saturated heterocycles. The Morgan fingerprint density at radius 1 is 0.857 bits per heavy atom. The van der Waals surface area contributed by atoms with Crippen LogP contribution in [0.25, 0.3) is 0 Å². The van der Waals surface area contributed by atoms with Crippen molar-refractivity contribution in [3.05, 3.63) is 12.2 Å². The molecule has 0 aromatic carbocycles. The van der Waals surface area contributed by atoms with Crippen LogP contribution in [0.2, 0.25) is 0 Å². The van der Waals surface area contributed by atoms with E-state index in [4.69, 9.17) is 4.55 Å². The zero-order valence-corrected chi connectivity index (χ0v) is 21.0. The molecule has 0 aliphatic heterocycles. The molecule has 0 aromatic rings. The van der Waals surface area contributed by atoms with E-state index in [1.54, 1.807) is 0 Å². The van der Waals surface area contributed by atoms with Gasteiger partial charge in [0.05, 0.1) is 5.75 Å². The molecule has 0 aromatic heterocycles. The Bertz CT molecular complexity index is 493. The molecular weight excluding hydrogens is 385 g/mol. The first-order chi connectivity index (χ1) is 13.0. The Morgan fingerprint density at radius 3 is 1.89 bits per heavy atom. The van der Waals surface area contributed by atoms with Crippen molar-refractivity contribution >= 4 is 16.0 Å². The Morgan fingerprint density at radius 2 is 1.36 bits per heavy atom. The quantitative estimate of drug-likeness (QED) is 0.0857. The van der Waals surface area contributed by atoms with Crippen molar-refractivity contribution in [2.75, 3.05) is 12.3 Å². The predicted octanol–water partition coefficient (Wildman–Crippen LogP) is 2.06. The summed E-state index contributed by atoms with van der Waals surface area (Å²) in [5.41, 5.74) is 0. The Labute approximate surface area is 195 Å². The first kappa shape index (κ1) is 30.3. The number of rotatable bonds is 19. The van der Waals surface area contributed by atoms with Crippen molar-refractivity contribution in [2.45, 2.75) is 103 Å². The summed E-state index contributed by atoms with van der Waals surface area (Å²) in [5, 5.41) is 11.5. The average molecular weight is 426 g/mol. The molecule has 0 saturated carbocycles. The molecule has 0 unspecified atom stereocenters. The SMILES string of the molecule is CCCCCCCC/C=C/CCCCCCCC([O-])=NCCCS(=O)(=O)O.[Na+]. The van der Waals surface area contributed by atoms with Crippen molar-refractivity contribution in [2.24, 2.45) is 4.99 Å². The molecule has 0 heterocycles. The molecule has 0 amide bonds. The number of allylic oxidation sites excluding steroid dienone is 2. The fourth-order valence-corrected chi connectivity index (χ4v) is 3.37. The van der Waals surface area contributed by atoms with E-state index in [0.717, 1.165) is 25.7 Å². The average Bonchev–Trinajstić information content (AvgIpc) is 2.61. The summed E-state index contributed by atoms with van der Waals surface area (Å²) < 4.78 is 29.6. The third-order valence-corrected chi connectivity index (χ3v) is 5.31. The van der Waals surface area contributed by atoms with Crippen LogP contribution in [0.4, 0.5) is 0 Å². The summed E-state index contributed by atoms with van der Waals surface area (Å²) in [6.07, 6.45) is 21.2. The van der Waals surface area contributed by atoms with E-state index in [1.165, 1.54) is 57.8 Å². The summed E-state index contributed by atoms with van der Waals surface area (Å²) in [4.78, 5) is 3.81. The van der Waals surface area contributed by atoms with Gasteiger partial charge in [-0.15, -0.1) is 0 Å². The zero-order chi connectivity index (χ0) is 20.2. The number of hydrogen-bond acceptors (Lipinski definition) is 4. The van der Waals surface area contributed by atoms with Gasteiger partial charge in [0.25, 0.3) is 10.1 Å². The minimum Gasteiger partial charge on any atom is -0.862 e. The molecule has 0 rings (SSSR count). The van der Waals surface area contributed by atoms with Gasteiger partial charge < -0.3 is 10.1 Å². The number of unbranched alkanes of at least 4 members (excludes halogenated alkanes) is 11. The minimum absolute atomic E-state index is 0. The maximum atomic E-state index is 11.5. The van der Waals surface area contributed by atoms with Gasteiger partial charge in [-0.2, -0.15) is 8.42 Å². The van der Waals surface area contributed by atoms with Crippen molar-refractivity contribution in [1.82, 2.24) is 0 Å². The molecule has 0 aliphatic carbocycles. The third kappa shape index (κ3) is 26.1. The largest absolute Gasteiger partial charge is 1.00 e. The van der Waals surface area contributed by atoms with Crippen LogP contribution >= 0.6 is 0 Å². The van der Waals surface area contributed by atoms with Gasteiger partial charge in [-0.1, -0.05) is 70.4 Å². The van der Waals surface area contributed by atoms with E-state index in [1.807, 2.05) is 0 Å². The van der Waals surface area contributed by atoms with Crippen LogP contribution in [-0.4, -0.2) is 31.2 Å². The summed E-state index contributed by atoms with van der Waals surface area (Å²) in [5.74, 6) is -0.500. The fourth-order valence-electron chi connectivity index (χ4n) is 2.88. The topological polar surface area (TPSA) is 89.8 Å². The normalized spacial score (nSPS) is 12.4. The van der Waals surface area contributed by atoms with E-state index >= 15 is 0 Å². The first-order valence-corrected chi connectivity index (χ1v) is 12.4. The molecule has 1 N–H and O–H groups in total. The molecule has 0 fully saturated rings. The zero-order valence-electron chi connectivity index (χ0n) is 18.2. The van der Waals surface area contributed by atoms with Gasteiger partial charge in [-0.25, -0.2) is 0 Å². The molecule has 160 valence electrons. The van der Waals surface area contributed by atoms with E-state index in [2.05, 4.69) is 24.1 Å². The van der Waals surface area contributed by atoms with Gasteiger partial charge in [0.1, 0.15) is 0 Å². The Kier molecular flexibility index (Phi) is 23.6. The Hall–Kier alpha value is 0.120. The number of nitrogens with zero attached hydrogens (tertiary/aromatic N) is 1. The summed E-state index contributed by atoms with van der Waals surface area (Å²) in [7, 11) is -3.94. The van der Waals surface area contributed by atoms with Crippen LogP contribution in [0, 0.1) is 0 Å². The van der Waals surface area contributed by atoms with Crippen molar-refractivity contribution < 1.29 is 47.6 Å². The fraction of sp³-hybridized carbons (Fsp3) is 0.857. The summed E-state index contributed by atoms with van der Waals surface area (Å²) in [6, 6.07) is 0. The Balaban J connectivity index is 0. The third-order valence-electron chi connectivity index (χ3n) is 4.50. The van der Waals surface area contributed by atoms with Gasteiger partial charge in [-0.05, 0) is 50.8 Å². The molecule has 0 atom stereocenters. The van der Waals surface area contributed by atoms with Gasteiger partial charge in [-0.3, -0.25) is 4.55 Å². The van der Waals surface area contributed by atoms with Crippen LogP contribution in [0.3, 0.4) is 0 Å². The van der Waals surface area contributed by atoms with E-state index in [0.29, 0.717) is 6.42 Å². The van der Waals surface area contributed by atoms with E-state index in [-0.39, 0.29) is 54.2 Å². The predicted molar refractivity (Wildman–Crippen MR) is 113 cm³/mol. The summed E-state index contributed by atoms with van der Waals surface area (Å²) >= 11 is 0. The monoisotopic (exact) mass is 425 g/mol. The standard InChI is InChI=1S/C21H41NO4S.Na/c1-2-3-4-5-6-7-8-9-10-11-12-13-14-15-16-18-21(23)22-19-17-20-27(24,25)26;/h9-10H,2-8,11-20H2,1H3,(H,22,23)(H,24,25,26);/q;+1/p-1/b10-9+;. The van der Waals surface area contributed by atoms with Crippen molar-refractivity contribution in [1.29, 1.82) is 0 Å². The molecule has 7 heteroatoms. The molecule has 0 radical (unpaired) electrons. The summed E-state index contributed by atoms with van der Waals surface area (Å²) in [6.45, 7) is 2.42. The van der Waals surface area contributed by atoms with Gasteiger partial charge >= 0.3 is 29.6 Å². The van der Waals surface area contributed by atoms with Crippen LogP contribution in [0.1, 0.15) is 103 Å². The van der Waals surface area contributed by atoms with E-state index < -0.39 is 10.1 Å². The maximum Gasteiger partial charge on any atom is 1.00 e. The van der Waals surface area contributed by atoms with Crippen LogP contribution in [-0.2, 0) is 10.1 Å². The van der Waals surface area contributed by atoms with Crippen LogP contribution < -0.4 is 34.7 Å². The first-order valence-electron chi connectivity index (χ1n) is 10.8. The molecule has 0 aliphatic rings. The van der Waals surface area contributed by atoms with Crippen LogP contribution in [0.15, 0.2) is 17.1 Å². The van der Waals surface area contributed by atoms with E-state index in [9.17, 15) is 13.5 Å². The molecule has 5 nitrogen and oxygen atoms in total. The van der Waals surface area contributed by atoms with Gasteiger partial charge in [0.2, 0.25) is 0 Å². The van der Waals surface area contributed by atoms with Gasteiger partial charge in [0, 0.05) is 6.54 Å². The van der Waals surface area contributed by atoms with Crippen LogP contribution in [0.5, 0.6) is 0 Å². The van der Waals surface area contributed by atoms with Crippen molar-refractivity contribution in [3.63, 3.8) is 0 Å². The second kappa shape index (κ2) is 21.8. The van der Waals surface area contributed by atoms with Gasteiger partial charge in [0.15, 0.2) is 0 Å². The maximum absolute atomic E-state index is 11.5. The second-order valence-corrected chi connectivity index (χ2v) is 8.82. The molecular formula is C21H40NNaO4S. The number of hydrogen-bond donors (Lipinski definition) is 1. The minimum atomic E-state index is -3.94. The van der Waals surface area contributed by atoms with Crippen molar-refractivity contribution in [3.8, 4) is 0 Å².